The molecule has 4 nitrogen and oxygen atoms in total. The summed E-state index contributed by atoms with van der Waals surface area (Å²) in [7, 11) is 0. The molecule has 0 aliphatic carbocycles. The number of anilines is 1. The number of aryl methyl sites for hydroxylation is 1. The summed E-state index contributed by atoms with van der Waals surface area (Å²) in [5.74, 6) is -0.326. The van der Waals surface area contributed by atoms with Crippen molar-refractivity contribution >= 4 is 38.6 Å². The maximum Gasteiger partial charge on any atom is 0.256 e. The van der Waals surface area contributed by atoms with Crippen LogP contribution < -0.4 is 5.32 Å². The second kappa shape index (κ2) is 5.29. The monoisotopic (exact) mass is 348 g/mol. The molecule has 0 fully saturated rings. The number of aromatic nitrogens is 1. The summed E-state index contributed by atoms with van der Waals surface area (Å²) in [4.78, 5) is 16.4. The molecule has 106 valence electrons. The number of nitrogens with zero attached hydrogens (tertiary/aromatic N) is 1. The van der Waals surface area contributed by atoms with Crippen LogP contribution in [0.2, 0.25) is 0 Å². The molecule has 0 saturated heterocycles. The predicted octanol–water partition coefficient (Wildman–Crippen LogP) is 4.29. The van der Waals surface area contributed by atoms with E-state index in [1.54, 1.807) is 31.2 Å². The third-order valence-electron chi connectivity index (χ3n) is 2.95. The number of nitrogens with one attached hydrogen (secondary N) is 1. The molecule has 0 saturated carbocycles. The van der Waals surface area contributed by atoms with Crippen molar-refractivity contribution in [1.29, 1.82) is 0 Å². The SMILES string of the molecule is Cc1nc2cc(NC(=O)c3cccc(F)c3Br)ccc2o1. The Morgan fingerprint density at radius 2 is 2.14 bits per heavy atom. The van der Waals surface area contributed by atoms with Gasteiger partial charge in [0.05, 0.1) is 10.0 Å². The maximum absolute atomic E-state index is 13.4. The Morgan fingerprint density at radius 1 is 1.33 bits per heavy atom. The number of benzene rings is 2. The number of hydrogen-bond acceptors (Lipinski definition) is 3. The zero-order valence-electron chi connectivity index (χ0n) is 11.0. The lowest BCUT2D eigenvalue weighted by molar-refractivity contribution is 0.102. The first-order valence-electron chi connectivity index (χ1n) is 6.17. The molecule has 0 unspecified atom stereocenters. The van der Waals surface area contributed by atoms with Crippen LogP contribution in [-0.2, 0) is 0 Å². The second-order valence-electron chi connectivity index (χ2n) is 4.47. The van der Waals surface area contributed by atoms with E-state index in [2.05, 4.69) is 26.2 Å². The van der Waals surface area contributed by atoms with E-state index in [9.17, 15) is 9.18 Å². The molecule has 0 bridgehead atoms. The summed E-state index contributed by atoms with van der Waals surface area (Å²) in [5.41, 5.74) is 2.10. The molecule has 0 atom stereocenters. The molecule has 21 heavy (non-hydrogen) atoms. The average molecular weight is 349 g/mol. The summed E-state index contributed by atoms with van der Waals surface area (Å²) >= 11 is 3.07. The van der Waals surface area contributed by atoms with Crippen LogP contribution in [0.15, 0.2) is 45.3 Å². The van der Waals surface area contributed by atoms with E-state index in [0.29, 0.717) is 22.7 Å². The van der Waals surface area contributed by atoms with Gasteiger partial charge in [0.25, 0.3) is 5.91 Å². The molecule has 0 aliphatic heterocycles. The van der Waals surface area contributed by atoms with Gasteiger partial charge in [-0.05, 0) is 46.3 Å². The molecule has 1 N–H and O–H groups in total. The standard InChI is InChI=1S/C15H10BrFN2O2/c1-8-18-12-7-9(5-6-13(12)21-8)19-15(20)10-3-2-4-11(17)14(10)16/h2-7H,1H3,(H,19,20). The highest BCUT2D eigenvalue weighted by Crippen LogP contribution is 2.23. The number of halogens is 2. The summed E-state index contributed by atoms with van der Waals surface area (Å²) in [6, 6.07) is 9.45. The lowest BCUT2D eigenvalue weighted by atomic mass is 10.2. The molecule has 0 aliphatic rings. The Labute approximate surface area is 128 Å². The van der Waals surface area contributed by atoms with Gasteiger partial charge in [0.1, 0.15) is 11.3 Å². The third kappa shape index (κ3) is 2.67. The Kier molecular flexibility index (Phi) is 3.47. The number of hydrogen-bond donors (Lipinski definition) is 1. The maximum atomic E-state index is 13.4. The van der Waals surface area contributed by atoms with Crippen molar-refractivity contribution in [3.8, 4) is 0 Å². The largest absolute Gasteiger partial charge is 0.441 e. The van der Waals surface area contributed by atoms with E-state index in [1.807, 2.05) is 0 Å². The molecule has 0 spiro atoms. The highest BCUT2D eigenvalue weighted by atomic mass is 79.9. The Bertz CT molecular complexity index is 845. The fourth-order valence-corrected chi connectivity index (χ4v) is 2.44. The van der Waals surface area contributed by atoms with Crippen LogP contribution in [0.4, 0.5) is 10.1 Å². The smallest absolute Gasteiger partial charge is 0.256 e. The lowest BCUT2D eigenvalue weighted by Crippen LogP contribution is -2.13. The first-order chi connectivity index (χ1) is 10.0. The summed E-state index contributed by atoms with van der Waals surface area (Å²) in [6.07, 6.45) is 0. The van der Waals surface area contributed by atoms with Gasteiger partial charge in [0, 0.05) is 12.6 Å². The average Bonchev–Trinajstić information content (AvgIpc) is 2.81. The van der Waals surface area contributed by atoms with E-state index >= 15 is 0 Å². The minimum atomic E-state index is -0.481. The van der Waals surface area contributed by atoms with Gasteiger partial charge < -0.3 is 9.73 Å². The molecule has 1 amide bonds. The van der Waals surface area contributed by atoms with Gasteiger partial charge in [0.2, 0.25) is 0 Å². The third-order valence-corrected chi connectivity index (χ3v) is 3.75. The minimum Gasteiger partial charge on any atom is -0.441 e. The van der Waals surface area contributed by atoms with Crippen LogP contribution in [0, 0.1) is 12.7 Å². The molecule has 3 rings (SSSR count). The summed E-state index contributed by atoms with van der Waals surface area (Å²) < 4.78 is 18.9. The van der Waals surface area contributed by atoms with Crippen molar-refractivity contribution in [2.75, 3.05) is 5.32 Å². The molecule has 6 heteroatoms. The minimum absolute atomic E-state index is 0.140. The van der Waals surface area contributed by atoms with Crippen LogP contribution in [0.3, 0.4) is 0 Å². The van der Waals surface area contributed by atoms with Gasteiger partial charge in [-0.25, -0.2) is 9.37 Å². The van der Waals surface area contributed by atoms with E-state index in [0.717, 1.165) is 0 Å². The first-order valence-corrected chi connectivity index (χ1v) is 6.96. The summed E-state index contributed by atoms with van der Waals surface area (Å²) in [5, 5.41) is 2.71. The van der Waals surface area contributed by atoms with Crippen LogP contribution >= 0.6 is 15.9 Å². The Hall–Kier alpha value is -2.21. The fourth-order valence-electron chi connectivity index (χ4n) is 2.00. The van der Waals surface area contributed by atoms with Crippen molar-refractivity contribution in [2.45, 2.75) is 6.92 Å². The van der Waals surface area contributed by atoms with Crippen LogP contribution in [-0.4, -0.2) is 10.9 Å². The van der Waals surface area contributed by atoms with Gasteiger partial charge in [-0.1, -0.05) is 6.07 Å². The van der Waals surface area contributed by atoms with Crippen LogP contribution in [0.1, 0.15) is 16.2 Å². The zero-order chi connectivity index (χ0) is 15.0. The molecule has 3 aromatic rings. The number of oxazole rings is 1. The quantitative estimate of drug-likeness (QED) is 0.751. The topological polar surface area (TPSA) is 55.1 Å². The van der Waals surface area contributed by atoms with E-state index < -0.39 is 11.7 Å². The van der Waals surface area contributed by atoms with Crippen molar-refractivity contribution < 1.29 is 13.6 Å². The van der Waals surface area contributed by atoms with Crippen LogP contribution in [0.25, 0.3) is 11.1 Å². The number of rotatable bonds is 2. The Balaban J connectivity index is 1.90. The van der Waals surface area contributed by atoms with Gasteiger partial charge in [0.15, 0.2) is 11.5 Å². The van der Waals surface area contributed by atoms with Gasteiger partial charge >= 0.3 is 0 Å². The normalized spacial score (nSPS) is 10.8. The fraction of sp³-hybridized carbons (Fsp3) is 0.0667. The number of amides is 1. The molecule has 0 radical (unpaired) electrons. The zero-order valence-corrected chi connectivity index (χ0v) is 12.6. The molecular weight excluding hydrogens is 339 g/mol. The van der Waals surface area contributed by atoms with Crippen molar-refractivity contribution in [1.82, 2.24) is 4.98 Å². The first kappa shape index (κ1) is 13.8. The molecule has 1 heterocycles. The van der Waals surface area contributed by atoms with Gasteiger partial charge in [-0.15, -0.1) is 0 Å². The predicted molar refractivity (Wildman–Crippen MR) is 80.8 cm³/mol. The van der Waals surface area contributed by atoms with Crippen molar-refractivity contribution in [3.63, 3.8) is 0 Å². The van der Waals surface area contributed by atoms with E-state index in [1.165, 1.54) is 12.1 Å². The van der Waals surface area contributed by atoms with Crippen molar-refractivity contribution in [2.24, 2.45) is 0 Å². The number of carbonyl (C=O) groups excluding carboxylic acids is 1. The number of fused-ring (bicyclic) bond motifs is 1. The van der Waals surface area contributed by atoms with E-state index in [-0.39, 0.29) is 10.0 Å². The van der Waals surface area contributed by atoms with Gasteiger partial charge in [-0.3, -0.25) is 4.79 Å². The van der Waals surface area contributed by atoms with Crippen LogP contribution in [0.5, 0.6) is 0 Å². The highest BCUT2D eigenvalue weighted by molar-refractivity contribution is 9.10. The van der Waals surface area contributed by atoms with E-state index in [4.69, 9.17) is 4.42 Å². The highest BCUT2D eigenvalue weighted by Gasteiger charge is 2.13. The lowest BCUT2D eigenvalue weighted by Gasteiger charge is -2.07. The molecular formula is C15H10BrFN2O2. The van der Waals surface area contributed by atoms with Gasteiger partial charge in [-0.2, -0.15) is 0 Å². The second-order valence-corrected chi connectivity index (χ2v) is 5.26. The molecule has 2 aromatic carbocycles. The number of carbonyl (C=O) groups is 1. The Morgan fingerprint density at radius 3 is 2.95 bits per heavy atom. The molecule has 1 aromatic heterocycles. The summed E-state index contributed by atoms with van der Waals surface area (Å²) in [6.45, 7) is 1.75. The van der Waals surface area contributed by atoms with Crippen molar-refractivity contribution in [3.05, 3.63) is 58.1 Å².